The van der Waals surface area contributed by atoms with E-state index in [1.807, 2.05) is 0 Å². The van der Waals surface area contributed by atoms with Gasteiger partial charge in [0.15, 0.2) is 5.82 Å². The van der Waals surface area contributed by atoms with E-state index in [2.05, 4.69) is 15.4 Å². The highest BCUT2D eigenvalue weighted by atomic mass is 19.1. The molecule has 0 aliphatic heterocycles. The molecule has 0 spiro atoms. The first kappa shape index (κ1) is 13.9. The fourth-order valence-corrected chi connectivity index (χ4v) is 1.51. The van der Waals surface area contributed by atoms with E-state index in [0.29, 0.717) is 0 Å². The van der Waals surface area contributed by atoms with Crippen molar-refractivity contribution >= 4 is 11.7 Å². The number of rotatable bonds is 4. The second kappa shape index (κ2) is 5.64. The van der Waals surface area contributed by atoms with Crippen molar-refractivity contribution in [1.29, 1.82) is 0 Å². The van der Waals surface area contributed by atoms with E-state index >= 15 is 0 Å². The molecule has 0 aliphatic rings. The Bertz CT molecular complexity index is 628. The van der Waals surface area contributed by atoms with E-state index in [-0.39, 0.29) is 17.3 Å². The fraction of sp³-hybridized carbons (Fsp3) is 0.250. The van der Waals surface area contributed by atoms with Crippen LogP contribution in [-0.4, -0.2) is 27.0 Å². The molecular weight excluding hydrogens is 270 g/mol. The summed E-state index contributed by atoms with van der Waals surface area (Å²) < 4.78 is 31.8. The van der Waals surface area contributed by atoms with Gasteiger partial charge in [-0.1, -0.05) is 0 Å². The van der Waals surface area contributed by atoms with Gasteiger partial charge in [-0.25, -0.2) is 13.5 Å². The number of ether oxygens (including phenoxy) is 1. The maximum atomic E-state index is 13.0. The number of hydrogen-bond donors (Lipinski definition) is 1. The summed E-state index contributed by atoms with van der Waals surface area (Å²) in [6, 6.07) is 2.41. The number of nitrogens with zero attached hydrogens (tertiary/aromatic N) is 3. The number of carbonyl (C=O) groups excluding carboxylic acids is 1. The summed E-state index contributed by atoms with van der Waals surface area (Å²) >= 11 is 0. The average molecular weight is 282 g/mol. The minimum atomic E-state index is -1.50. The van der Waals surface area contributed by atoms with E-state index in [9.17, 15) is 13.6 Å². The molecule has 2 aromatic rings. The molecule has 1 N–H and O–H groups in total. The van der Waals surface area contributed by atoms with Crippen LogP contribution in [0.2, 0.25) is 0 Å². The molecule has 0 radical (unpaired) electrons. The van der Waals surface area contributed by atoms with Crippen LogP contribution in [0.15, 0.2) is 24.5 Å². The van der Waals surface area contributed by atoms with Gasteiger partial charge >= 0.3 is 0 Å². The minimum absolute atomic E-state index is 0.0528. The normalized spacial score (nSPS) is 12.0. The van der Waals surface area contributed by atoms with Gasteiger partial charge in [-0.15, -0.1) is 0 Å². The summed E-state index contributed by atoms with van der Waals surface area (Å²) in [6.07, 6.45) is 0.718. The summed E-state index contributed by atoms with van der Waals surface area (Å²) in [6.45, 7) is 1.23. The number of anilines is 1. The van der Waals surface area contributed by atoms with Crippen LogP contribution in [0.3, 0.4) is 0 Å². The van der Waals surface area contributed by atoms with Gasteiger partial charge in [-0.05, 0) is 6.07 Å². The predicted molar refractivity (Wildman–Crippen MR) is 66.6 cm³/mol. The quantitative estimate of drug-likeness (QED) is 0.930. The molecule has 20 heavy (non-hydrogen) atoms. The summed E-state index contributed by atoms with van der Waals surface area (Å²) in [5, 5.41) is 6.37. The van der Waals surface area contributed by atoms with Crippen molar-refractivity contribution in [3.05, 3.63) is 35.9 Å². The Morgan fingerprint density at radius 1 is 1.45 bits per heavy atom. The van der Waals surface area contributed by atoms with Crippen LogP contribution >= 0.6 is 0 Å². The minimum Gasteiger partial charge on any atom is -0.444 e. The Labute approximate surface area is 113 Å². The van der Waals surface area contributed by atoms with Crippen LogP contribution in [0.4, 0.5) is 14.6 Å². The monoisotopic (exact) mass is 282 g/mol. The smallest absolute Gasteiger partial charge is 0.258 e. The highest BCUT2D eigenvalue weighted by Gasteiger charge is 2.13. The van der Waals surface area contributed by atoms with Gasteiger partial charge in [0.25, 0.3) is 5.91 Å². The first-order valence-electron chi connectivity index (χ1n) is 5.72. The lowest BCUT2D eigenvalue weighted by atomic mass is 10.2. The highest BCUT2D eigenvalue weighted by Crippen LogP contribution is 2.18. The third kappa shape index (κ3) is 3.28. The van der Waals surface area contributed by atoms with Gasteiger partial charge in [0.2, 0.25) is 12.2 Å². The molecule has 1 atom stereocenters. The van der Waals surface area contributed by atoms with Crippen molar-refractivity contribution in [2.75, 3.05) is 5.32 Å². The Morgan fingerprint density at radius 3 is 2.85 bits per heavy atom. The molecule has 0 bridgehead atoms. The van der Waals surface area contributed by atoms with Crippen molar-refractivity contribution in [2.45, 2.75) is 13.3 Å². The zero-order chi connectivity index (χ0) is 14.7. The van der Waals surface area contributed by atoms with Gasteiger partial charge in [0, 0.05) is 26.2 Å². The molecule has 0 aromatic carbocycles. The molecule has 1 amide bonds. The molecule has 0 aliphatic carbocycles. The first-order chi connectivity index (χ1) is 9.45. The second-order valence-corrected chi connectivity index (χ2v) is 4.00. The topological polar surface area (TPSA) is 69.0 Å². The highest BCUT2D eigenvalue weighted by molar-refractivity contribution is 6.03. The SMILES string of the molecule is CC(F)Oc1cc(NC(=O)c2cncc(F)c2)nn1C. The fourth-order valence-electron chi connectivity index (χ4n) is 1.51. The van der Waals surface area contributed by atoms with Gasteiger partial charge in [0.1, 0.15) is 5.82 Å². The van der Waals surface area contributed by atoms with Crippen LogP contribution in [0.5, 0.6) is 5.88 Å². The number of carbonyl (C=O) groups is 1. The Kier molecular flexibility index (Phi) is 3.92. The molecule has 8 heteroatoms. The van der Waals surface area contributed by atoms with Gasteiger partial charge in [0.05, 0.1) is 11.8 Å². The third-order valence-corrected chi connectivity index (χ3v) is 2.33. The Balaban J connectivity index is 2.12. The maximum Gasteiger partial charge on any atom is 0.258 e. The Hall–Kier alpha value is -2.51. The summed E-state index contributed by atoms with van der Waals surface area (Å²) in [5.74, 6) is -0.867. The van der Waals surface area contributed by atoms with E-state index in [4.69, 9.17) is 4.74 Å². The lowest BCUT2D eigenvalue weighted by molar-refractivity contribution is 0.0762. The lowest BCUT2D eigenvalue weighted by Gasteiger charge is -2.04. The zero-order valence-corrected chi connectivity index (χ0v) is 10.8. The number of alkyl halides is 1. The number of amides is 1. The number of halogens is 2. The summed E-state index contributed by atoms with van der Waals surface area (Å²) in [4.78, 5) is 15.4. The molecule has 6 nitrogen and oxygen atoms in total. The van der Waals surface area contributed by atoms with Crippen molar-refractivity contribution in [1.82, 2.24) is 14.8 Å². The second-order valence-electron chi connectivity index (χ2n) is 4.00. The number of nitrogens with one attached hydrogen (secondary N) is 1. The largest absolute Gasteiger partial charge is 0.444 e. The van der Waals surface area contributed by atoms with Crippen molar-refractivity contribution < 1.29 is 18.3 Å². The van der Waals surface area contributed by atoms with Crippen LogP contribution in [0.1, 0.15) is 17.3 Å². The Morgan fingerprint density at radius 2 is 2.20 bits per heavy atom. The van der Waals surface area contributed by atoms with E-state index < -0.39 is 18.1 Å². The predicted octanol–water partition coefficient (Wildman–Crippen LogP) is 1.90. The molecule has 1 unspecified atom stereocenters. The van der Waals surface area contributed by atoms with E-state index in [1.165, 1.54) is 30.9 Å². The zero-order valence-electron chi connectivity index (χ0n) is 10.8. The van der Waals surface area contributed by atoms with Crippen LogP contribution in [0.25, 0.3) is 0 Å². The van der Waals surface area contributed by atoms with Crippen molar-refractivity contribution in [3.63, 3.8) is 0 Å². The first-order valence-corrected chi connectivity index (χ1v) is 5.72. The lowest BCUT2D eigenvalue weighted by Crippen LogP contribution is -2.13. The number of aryl methyl sites for hydroxylation is 1. The number of aromatic nitrogens is 3. The number of pyridine rings is 1. The van der Waals surface area contributed by atoms with Crippen molar-refractivity contribution in [3.8, 4) is 5.88 Å². The van der Waals surface area contributed by atoms with Crippen LogP contribution in [-0.2, 0) is 7.05 Å². The number of hydrogen-bond acceptors (Lipinski definition) is 4. The molecule has 0 fully saturated rings. The van der Waals surface area contributed by atoms with Crippen LogP contribution < -0.4 is 10.1 Å². The van der Waals surface area contributed by atoms with Gasteiger partial charge < -0.3 is 10.1 Å². The average Bonchev–Trinajstić information content (AvgIpc) is 2.68. The summed E-state index contributed by atoms with van der Waals surface area (Å²) in [5.41, 5.74) is 0.0528. The third-order valence-electron chi connectivity index (χ3n) is 2.33. The molecule has 2 heterocycles. The van der Waals surface area contributed by atoms with Crippen LogP contribution in [0, 0.1) is 5.82 Å². The summed E-state index contributed by atoms with van der Waals surface area (Å²) in [7, 11) is 1.54. The molecule has 2 aromatic heterocycles. The van der Waals surface area contributed by atoms with Crippen molar-refractivity contribution in [2.24, 2.45) is 7.05 Å². The molecular formula is C12H12F2N4O2. The van der Waals surface area contributed by atoms with Gasteiger partial charge in [-0.3, -0.25) is 9.78 Å². The molecule has 106 valence electrons. The van der Waals surface area contributed by atoms with E-state index in [1.54, 1.807) is 0 Å². The molecule has 0 saturated carbocycles. The standard InChI is InChI=1S/C12H12F2N4O2/c1-7(13)20-11-4-10(17-18(11)2)16-12(19)8-3-9(14)6-15-5-8/h3-7H,1-2H3,(H,16,17,19). The maximum absolute atomic E-state index is 13.0. The molecule has 0 saturated heterocycles. The van der Waals surface area contributed by atoms with E-state index in [0.717, 1.165) is 12.3 Å². The van der Waals surface area contributed by atoms with Gasteiger partial charge in [-0.2, -0.15) is 5.10 Å². The molecule has 2 rings (SSSR count).